The zero-order valence-electron chi connectivity index (χ0n) is 10.2. The predicted octanol–water partition coefficient (Wildman–Crippen LogP) is 3.14. The van der Waals surface area contributed by atoms with Crippen LogP contribution in [0.25, 0.3) is 0 Å². The van der Waals surface area contributed by atoms with Gasteiger partial charge < -0.3 is 0 Å². The third-order valence-electron chi connectivity index (χ3n) is 2.74. The highest BCUT2D eigenvalue weighted by Gasteiger charge is 2.04. The van der Waals surface area contributed by atoms with Crippen molar-refractivity contribution >= 4 is 23.3 Å². The molecule has 0 saturated heterocycles. The summed E-state index contributed by atoms with van der Waals surface area (Å²) < 4.78 is 20.9. The van der Waals surface area contributed by atoms with Crippen LogP contribution in [-0.2, 0) is 43.3 Å². The van der Waals surface area contributed by atoms with Crippen molar-refractivity contribution in [3.05, 3.63) is 77.2 Å². The van der Waals surface area contributed by atoms with Crippen molar-refractivity contribution in [2.45, 2.75) is 11.5 Å². The molecule has 0 heterocycles. The van der Waals surface area contributed by atoms with E-state index in [0.29, 0.717) is 34.8 Å². The Labute approximate surface area is 120 Å². The van der Waals surface area contributed by atoms with Crippen LogP contribution in [0.4, 0.5) is 0 Å². The van der Waals surface area contributed by atoms with Crippen molar-refractivity contribution < 1.29 is 8.42 Å². The van der Waals surface area contributed by atoms with Crippen molar-refractivity contribution in [1.29, 1.82) is 0 Å². The first-order valence-electron chi connectivity index (χ1n) is 5.84. The molecule has 2 aromatic rings. The lowest BCUT2D eigenvalue weighted by Gasteiger charge is -2.02. The first kappa shape index (κ1) is 13.9. The minimum atomic E-state index is 0.502. The van der Waals surface area contributed by atoms with E-state index in [0.717, 1.165) is 22.3 Å². The molecular formula is C15H13O2S2+2. The van der Waals surface area contributed by atoms with E-state index in [4.69, 9.17) is 0 Å². The Morgan fingerprint density at radius 1 is 0.684 bits per heavy atom. The summed E-state index contributed by atoms with van der Waals surface area (Å²) in [4.78, 5) is 0. The molecule has 2 aromatic carbocycles. The fourth-order valence-electron chi connectivity index (χ4n) is 1.75. The van der Waals surface area contributed by atoms with Crippen molar-refractivity contribution in [2.24, 2.45) is 0 Å². The summed E-state index contributed by atoms with van der Waals surface area (Å²) >= 11 is 1.17. The van der Waals surface area contributed by atoms with Gasteiger partial charge in [0, 0.05) is 26.0 Å². The van der Waals surface area contributed by atoms with Gasteiger partial charge in [0.15, 0.2) is 0 Å². The van der Waals surface area contributed by atoms with Gasteiger partial charge in [0.25, 0.3) is 11.5 Å². The monoisotopic (exact) mass is 289 g/mol. The van der Waals surface area contributed by atoms with Crippen molar-refractivity contribution in [3.63, 3.8) is 0 Å². The molecule has 0 aliphatic heterocycles. The zero-order valence-corrected chi connectivity index (χ0v) is 11.9. The van der Waals surface area contributed by atoms with Crippen LogP contribution in [0, 0.1) is 6.42 Å². The topological polar surface area (TPSA) is 34.1 Å². The minimum absolute atomic E-state index is 0.502. The first-order chi connectivity index (χ1) is 9.31. The van der Waals surface area contributed by atoms with Crippen LogP contribution in [0.5, 0.6) is 0 Å². The molecule has 2 rings (SSSR count). The van der Waals surface area contributed by atoms with E-state index < -0.39 is 0 Å². The lowest BCUT2D eigenvalue weighted by Crippen LogP contribution is -1.88. The molecule has 0 bridgehead atoms. The summed E-state index contributed by atoms with van der Waals surface area (Å²) in [6.07, 6.45) is 2.07. The molecular weight excluding hydrogens is 276 g/mol. The quantitative estimate of drug-likeness (QED) is 0.766. The highest BCUT2D eigenvalue weighted by Crippen LogP contribution is 2.14. The van der Waals surface area contributed by atoms with Crippen LogP contribution in [-0.4, -0.2) is 0 Å². The minimum Gasteiger partial charge on any atom is -0.0579 e. The van der Waals surface area contributed by atoms with Crippen LogP contribution >= 0.6 is 0 Å². The summed E-state index contributed by atoms with van der Waals surface area (Å²) in [7, 11) is 0. The van der Waals surface area contributed by atoms with E-state index in [1.54, 1.807) is 0 Å². The van der Waals surface area contributed by atoms with Gasteiger partial charge in [0.1, 0.15) is 0 Å². The zero-order chi connectivity index (χ0) is 13.5. The molecule has 4 heteroatoms. The lowest BCUT2D eigenvalue weighted by molar-refractivity contribution is 0.603. The van der Waals surface area contributed by atoms with Gasteiger partial charge in [0.2, 0.25) is 0 Å². The fraction of sp³-hybridized carbons (Fsp3) is 0.133. The average Bonchev–Trinajstić information content (AvgIpc) is 2.44. The van der Waals surface area contributed by atoms with Gasteiger partial charge in [-0.05, 0) is 11.1 Å². The molecule has 0 unspecified atom stereocenters. The van der Waals surface area contributed by atoms with Crippen molar-refractivity contribution in [3.8, 4) is 0 Å². The average molecular weight is 289 g/mol. The Balaban J connectivity index is 2.03. The second kappa shape index (κ2) is 7.16. The van der Waals surface area contributed by atoms with Gasteiger partial charge in [-0.2, -0.15) is 0 Å². The Kier molecular flexibility index (Phi) is 5.24. The number of rotatable bonds is 6. The molecule has 0 spiro atoms. The summed E-state index contributed by atoms with van der Waals surface area (Å²) in [5.41, 5.74) is 4.29. The SMILES string of the molecule is O=[S+]Cc1ccc([CH]c2ccc(C[S+]=O)cc2)cc1. The predicted molar refractivity (Wildman–Crippen MR) is 78.9 cm³/mol. The van der Waals surface area contributed by atoms with E-state index in [-0.39, 0.29) is 0 Å². The maximum atomic E-state index is 10.4. The smallest absolute Gasteiger partial charge is 0.0579 e. The normalized spacial score (nSPS) is 10.1. The molecule has 0 aliphatic carbocycles. The highest BCUT2D eigenvalue weighted by molar-refractivity contribution is 7.64. The maximum absolute atomic E-state index is 10.4. The Bertz CT molecular complexity index is 496. The second-order valence-corrected chi connectivity index (χ2v) is 5.20. The molecule has 95 valence electrons. The third-order valence-corrected chi connectivity index (χ3v) is 3.65. The molecule has 0 atom stereocenters. The third kappa shape index (κ3) is 4.26. The molecule has 19 heavy (non-hydrogen) atoms. The van der Waals surface area contributed by atoms with Crippen LogP contribution in [0.2, 0.25) is 0 Å². The van der Waals surface area contributed by atoms with Crippen molar-refractivity contribution in [2.75, 3.05) is 0 Å². The molecule has 0 saturated carbocycles. The van der Waals surface area contributed by atoms with Gasteiger partial charge in [-0.1, -0.05) is 48.5 Å². The van der Waals surface area contributed by atoms with Crippen molar-refractivity contribution in [1.82, 2.24) is 0 Å². The molecule has 0 aromatic heterocycles. The highest BCUT2D eigenvalue weighted by atomic mass is 32.1. The molecule has 1 radical (unpaired) electrons. The van der Waals surface area contributed by atoms with Gasteiger partial charge in [0.05, 0.1) is 0 Å². The fourth-order valence-corrected chi connectivity index (χ4v) is 2.41. The standard InChI is InChI=1S/C15H13O2S2/c16-18-10-14-5-1-12(2-6-14)9-13-3-7-15(8-4-13)11-19-17/h1-9H,10-11H2/q+2. The summed E-state index contributed by atoms with van der Waals surface area (Å²) in [6.45, 7) is 0. The van der Waals surface area contributed by atoms with Gasteiger partial charge in [-0.15, -0.1) is 0 Å². The van der Waals surface area contributed by atoms with Gasteiger partial charge in [-0.3, -0.25) is 0 Å². The van der Waals surface area contributed by atoms with Crippen LogP contribution in [0.3, 0.4) is 0 Å². The lowest BCUT2D eigenvalue weighted by atomic mass is 10.0. The molecule has 0 fully saturated rings. The van der Waals surface area contributed by atoms with E-state index in [1.165, 1.54) is 0 Å². The van der Waals surface area contributed by atoms with Gasteiger partial charge in [-0.25, -0.2) is 0 Å². The Morgan fingerprint density at radius 2 is 1.05 bits per heavy atom. The molecule has 0 aliphatic rings. The molecule has 2 nitrogen and oxygen atoms in total. The van der Waals surface area contributed by atoms with Crippen LogP contribution in [0.15, 0.2) is 48.5 Å². The number of benzene rings is 2. The summed E-state index contributed by atoms with van der Waals surface area (Å²) in [6, 6.07) is 15.9. The first-order valence-corrected chi connectivity index (χ1v) is 7.66. The van der Waals surface area contributed by atoms with E-state index in [9.17, 15) is 8.42 Å². The number of hydrogen-bond acceptors (Lipinski definition) is 2. The van der Waals surface area contributed by atoms with E-state index in [1.807, 2.05) is 48.5 Å². The molecule has 0 amide bonds. The number of hydrogen-bond donors (Lipinski definition) is 0. The Hall–Kier alpha value is -1.52. The largest absolute Gasteiger partial charge is 0.463 e. The van der Waals surface area contributed by atoms with Gasteiger partial charge >= 0.3 is 23.3 Å². The summed E-state index contributed by atoms with van der Waals surface area (Å²) in [5.74, 6) is 1.00. The Morgan fingerprint density at radius 3 is 1.37 bits per heavy atom. The maximum Gasteiger partial charge on any atom is 0.463 e. The van der Waals surface area contributed by atoms with Crippen LogP contribution < -0.4 is 0 Å². The second-order valence-electron chi connectivity index (χ2n) is 4.15. The van der Waals surface area contributed by atoms with E-state index in [2.05, 4.69) is 6.42 Å². The van der Waals surface area contributed by atoms with Crippen LogP contribution in [0.1, 0.15) is 22.3 Å². The summed E-state index contributed by atoms with van der Waals surface area (Å²) in [5, 5.41) is 0. The molecule has 0 N–H and O–H groups in total. The van der Waals surface area contributed by atoms with E-state index >= 15 is 0 Å².